The molecule has 0 saturated carbocycles. The van der Waals surface area contributed by atoms with Crippen LogP contribution >= 0.6 is 11.3 Å². The lowest BCUT2D eigenvalue weighted by Crippen LogP contribution is -1.99. The molecule has 0 aliphatic heterocycles. The summed E-state index contributed by atoms with van der Waals surface area (Å²) >= 11 is 1.07. The van der Waals surface area contributed by atoms with Gasteiger partial charge < -0.3 is 9.84 Å². The molecule has 1 N–H and O–H groups in total. The third kappa shape index (κ3) is 3.77. The molecule has 0 radical (unpaired) electrons. The van der Waals surface area contributed by atoms with Gasteiger partial charge in [0.05, 0.1) is 19.2 Å². The van der Waals surface area contributed by atoms with Crippen LogP contribution in [-0.4, -0.2) is 34.9 Å². The molecule has 0 saturated heterocycles. The van der Waals surface area contributed by atoms with Crippen molar-refractivity contribution in [2.24, 2.45) is 0 Å². The minimum absolute atomic E-state index is 0.0354. The van der Waals surface area contributed by atoms with Crippen LogP contribution in [0.5, 0.6) is 0 Å². The molecule has 0 aliphatic rings. The molecule has 7 heteroatoms. The molecule has 0 amide bonds. The highest BCUT2D eigenvalue weighted by Gasteiger charge is 2.16. The van der Waals surface area contributed by atoms with Gasteiger partial charge in [0.25, 0.3) is 0 Å². The van der Waals surface area contributed by atoms with Gasteiger partial charge in [-0.3, -0.25) is 4.79 Å². The maximum Gasteiger partial charge on any atom is 0.349 e. The maximum atomic E-state index is 11.4. The Labute approximate surface area is 107 Å². The van der Waals surface area contributed by atoms with E-state index in [1.165, 1.54) is 7.11 Å². The van der Waals surface area contributed by atoms with Crippen molar-refractivity contribution < 1.29 is 24.2 Å². The molecule has 18 heavy (non-hydrogen) atoms. The van der Waals surface area contributed by atoms with Gasteiger partial charge in [0.1, 0.15) is 9.88 Å². The second kappa shape index (κ2) is 6.06. The van der Waals surface area contributed by atoms with Gasteiger partial charge in [-0.05, 0) is 13.0 Å². The van der Waals surface area contributed by atoms with E-state index in [4.69, 9.17) is 5.11 Å². The monoisotopic (exact) mass is 269 g/mol. The Morgan fingerprint density at radius 1 is 1.39 bits per heavy atom. The number of carbonyl (C=O) groups is 3. The van der Waals surface area contributed by atoms with Gasteiger partial charge in [-0.1, -0.05) is 0 Å². The minimum Gasteiger partial charge on any atom is -0.478 e. The lowest BCUT2D eigenvalue weighted by atomic mass is 10.2. The minimum atomic E-state index is -1.19. The number of nitrogens with zero attached hydrogens (tertiary/aromatic N) is 1. The number of carboxylic acids is 1. The third-order valence-electron chi connectivity index (χ3n) is 1.95. The molecule has 0 bridgehead atoms. The maximum absolute atomic E-state index is 11.4. The van der Waals surface area contributed by atoms with E-state index in [-0.39, 0.29) is 12.2 Å². The molecule has 0 spiro atoms. The largest absolute Gasteiger partial charge is 0.478 e. The summed E-state index contributed by atoms with van der Waals surface area (Å²) in [5.41, 5.74) is 0.497. The number of allylic oxidation sites excluding steroid dienone is 1. The molecule has 0 aromatic carbocycles. The van der Waals surface area contributed by atoms with E-state index in [2.05, 4.69) is 9.72 Å². The molecule has 0 unspecified atom stereocenters. The zero-order chi connectivity index (χ0) is 13.7. The lowest BCUT2D eigenvalue weighted by molar-refractivity contribution is -0.131. The topological polar surface area (TPSA) is 93.6 Å². The van der Waals surface area contributed by atoms with E-state index in [0.717, 1.165) is 23.5 Å². The fourth-order valence-corrected chi connectivity index (χ4v) is 2.17. The predicted octanol–water partition coefficient (Wildman–Crippen LogP) is 0.991. The first-order valence-electron chi connectivity index (χ1n) is 4.92. The quantitative estimate of drug-likeness (QED) is 0.633. The van der Waals surface area contributed by atoms with Crippen LogP contribution in [-0.2, 0) is 20.7 Å². The average Bonchev–Trinajstić information content (AvgIpc) is 2.66. The smallest absolute Gasteiger partial charge is 0.349 e. The Balaban J connectivity index is 2.78. The van der Waals surface area contributed by atoms with Crippen molar-refractivity contribution in [2.75, 3.05) is 7.11 Å². The molecule has 0 atom stereocenters. The van der Waals surface area contributed by atoms with E-state index in [1.54, 1.807) is 6.92 Å². The first kappa shape index (κ1) is 14.0. The summed E-state index contributed by atoms with van der Waals surface area (Å²) in [5, 5.41) is 8.82. The second-order valence-electron chi connectivity index (χ2n) is 3.33. The number of aryl methyl sites for hydroxylation is 1. The fourth-order valence-electron chi connectivity index (χ4n) is 1.18. The van der Waals surface area contributed by atoms with Crippen LogP contribution in [0.25, 0.3) is 0 Å². The molecule has 1 aromatic rings. The number of aromatic nitrogens is 1. The van der Waals surface area contributed by atoms with E-state index >= 15 is 0 Å². The number of rotatable bonds is 5. The van der Waals surface area contributed by atoms with Crippen molar-refractivity contribution >= 4 is 29.1 Å². The molecular weight excluding hydrogens is 258 g/mol. The van der Waals surface area contributed by atoms with Crippen molar-refractivity contribution in [3.05, 3.63) is 27.7 Å². The third-order valence-corrected chi connectivity index (χ3v) is 3.09. The number of hydrogen-bond donors (Lipinski definition) is 1. The zero-order valence-electron chi connectivity index (χ0n) is 9.80. The lowest BCUT2D eigenvalue weighted by Gasteiger charge is -1.93. The predicted molar refractivity (Wildman–Crippen MR) is 63.7 cm³/mol. The summed E-state index contributed by atoms with van der Waals surface area (Å²) < 4.78 is 4.57. The van der Waals surface area contributed by atoms with Crippen molar-refractivity contribution in [1.82, 2.24) is 4.98 Å². The van der Waals surface area contributed by atoms with Gasteiger partial charge in [0.2, 0.25) is 0 Å². The van der Waals surface area contributed by atoms with Crippen LogP contribution in [0.2, 0.25) is 0 Å². The Kier molecular flexibility index (Phi) is 4.73. The highest BCUT2D eigenvalue weighted by molar-refractivity contribution is 7.13. The van der Waals surface area contributed by atoms with Gasteiger partial charge in [0.15, 0.2) is 5.78 Å². The summed E-state index contributed by atoms with van der Waals surface area (Å²) in [4.78, 5) is 37.3. The van der Waals surface area contributed by atoms with Gasteiger partial charge in [-0.2, -0.15) is 0 Å². The van der Waals surface area contributed by atoms with Crippen LogP contribution in [0.1, 0.15) is 20.4 Å². The van der Waals surface area contributed by atoms with Crippen molar-refractivity contribution in [1.29, 1.82) is 0 Å². The second-order valence-corrected chi connectivity index (χ2v) is 4.41. The Morgan fingerprint density at radius 3 is 2.61 bits per heavy atom. The van der Waals surface area contributed by atoms with Gasteiger partial charge >= 0.3 is 11.9 Å². The summed E-state index contributed by atoms with van der Waals surface area (Å²) in [7, 11) is 1.27. The van der Waals surface area contributed by atoms with Crippen molar-refractivity contribution in [3.63, 3.8) is 0 Å². The van der Waals surface area contributed by atoms with Crippen molar-refractivity contribution in [3.8, 4) is 0 Å². The van der Waals surface area contributed by atoms with Crippen LogP contribution < -0.4 is 0 Å². The van der Waals surface area contributed by atoms with E-state index in [9.17, 15) is 14.4 Å². The number of aliphatic carboxylic acids is 1. The van der Waals surface area contributed by atoms with Gasteiger partial charge in [-0.25, -0.2) is 14.6 Å². The van der Waals surface area contributed by atoms with Gasteiger partial charge in [-0.15, -0.1) is 11.3 Å². The average molecular weight is 269 g/mol. The number of carboxylic acid groups (broad SMARTS) is 1. The highest BCUT2D eigenvalue weighted by Crippen LogP contribution is 2.19. The van der Waals surface area contributed by atoms with Crippen molar-refractivity contribution in [2.45, 2.75) is 13.3 Å². The molecule has 1 heterocycles. The first-order chi connectivity index (χ1) is 8.43. The Morgan fingerprint density at radius 2 is 2.06 bits per heavy atom. The molecule has 1 aromatic heterocycles. The molecule has 96 valence electrons. The Hall–Kier alpha value is -2.02. The van der Waals surface area contributed by atoms with Crippen LogP contribution in [0.15, 0.2) is 12.2 Å². The zero-order valence-corrected chi connectivity index (χ0v) is 10.6. The van der Waals surface area contributed by atoms with E-state index in [0.29, 0.717) is 15.6 Å². The molecule has 0 aliphatic carbocycles. The number of methoxy groups -OCH3 is 1. The SMILES string of the molecule is COC(=O)c1sc(CC(=O)/C=C/C(=O)O)nc1C. The standard InChI is InChI=1S/C11H11NO5S/c1-6-10(11(16)17-2)18-8(12-6)5-7(13)3-4-9(14)15/h3-4H,5H2,1-2H3,(H,14,15)/b4-3+. The Bertz CT molecular complexity index is 518. The number of ether oxygens (including phenoxy) is 1. The molecule has 6 nitrogen and oxygen atoms in total. The normalized spacial score (nSPS) is 10.6. The number of hydrogen-bond acceptors (Lipinski definition) is 6. The van der Waals surface area contributed by atoms with Gasteiger partial charge in [0, 0.05) is 6.08 Å². The number of ketones is 1. The number of carbonyl (C=O) groups excluding carboxylic acids is 2. The van der Waals surface area contributed by atoms with Crippen LogP contribution in [0.4, 0.5) is 0 Å². The molecular formula is C11H11NO5S. The highest BCUT2D eigenvalue weighted by atomic mass is 32.1. The first-order valence-corrected chi connectivity index (χ1v) is 5.74. The summed E-state index contributed by atoms with van der Waals surface area (Å²) in [5.74, 6) is -2.07. The summed E-state index contributed by atoms with van der Waals surface area (Å²) in [6.07, 6.45) is 1.70. The fraction of sp³-hybridized carbons (Fsp3) is 0.273. The number of esters is 1. The van der Waals surface area contributed by atoms with Crippen LogP contribution in [0, 0.1) is 6.92 Å². The summed E-state index contributed by atoms with van der Waals surface area (Å²) in [6.45, 7) is 1.64. The number of thiazole rings is 1. The van der Waals surface area contributed by atoms with E-state index in [1.807, 2.05) is 0 Å². The van der Waals surface area contributed by atoms with E-state index < -0.39 is 11.9 Å². The molecule has 0 fully saturated rings. The van der Waals surface area contributed by atoms with Crippen LogP contribution in [0.3, 0.4) is 0 Å². The molecule has 1 rings (SSSR count). The summed E-state index contributed by atoms with van der Waals surface area (Å²) in [6, 6.07) is 0.